The van der Waals surface area contributed by atoms with Crippen molar-refractivity contribution in [2.24, 2.45) is 4.99 Å². The summed E-state index contributed by atoms with van der Waals surface area (Å²) < 4.78 is 49.3. The van der Waals surface area contributed by atoms with Crippen LogP contribution in [-0.4, -0.2) is 46.8 Å². The number of nitrogens with zero attached hydrogens (tertiary/aromatic N) is 2. The number of aliphatic imine (C=N–C) groups is 1. The summed E-state index contributed by atoms with van der Waals surface area (Å²) in [5.41, 5.74) is -0.316. The fourth-order valence-electron chi connectivity index (χ4n) is 3.59. The Hall–Kier alpha value is -0.631. The predicted octanol–water partition coefficient (Wildman–Crippen LogP) is 7.31. The van der Waals surface area contributed by atoms with Gasteiger partial charge in [0.1, 0.15) is 0 Å². The molecule has 0 aromatic carbocycles. The van der Waals surface area contributed by atoms with Crippen molar-refractivity contribution < 1.29 is 17.9 Å². The second kappa shape index (κ2) is 14.4. The van der Waals surface area contributed by atoms with E-state index in [1.54, 1.807) is 0 Å². The van der Waals surface area contributed by atoms with Crippen LogP contribution in [0.15, 0.2) is 23.3 Å². The van der Waals surface area contributed by atoms with Crippen LogP contribution >= 0.6 is 0 Å². The number of ether oxygens (including phenoxy) is 1. The number of hydrogen-bond donors (Lipinski definition) is 0. The number of unbranched alkanes of at least 4 members (excludes halogenated alkanes) is 3. The Labute approximate surface area is 184 Å². The summed E-state index contributed by atoms with van der Waals surface area (Å²) in [4.78, 5) is 8.26. The van der Waals surface area contributed by atoms with Gasteiger partial charge in [0.2, 0.25) is 0 Å². The van der Waals surface area contributed by atoms with Crippen LogP contribution in [0.1, 0.15) is 77.5 Å². The molecule has 0 aliphatic carbocycles. The Morgan fingerprint density at radius 3 is 2.03 bits per heavy atom. The van der Waals surface area contributed by atoms with Gasteiger partial charge in [-0.3, -0.25) is 0 Å². The van der Waals surface area contributed by atoms with Crippen LogP contribution in [0.4, 0.5) is 13.2 Å². The van der Waals surface area contributed by atoms with Gasteiger partial charge in [-0.05, 0) is 0 Å². The van der Waals surface area contributed by atoms with E-state index in [0.29, 0.717) is 12.3 Å². The molecule has 1 heterocycles. The molecule has 172 valence electrons. The molecule has 0 aliphatic heterocycles. The molecular weight excluding hydrogens is 496 g/mol. The van der Waals surface area contributed by atoms with Gasteiger partial charge >= 0.3 is 185 Å². The minimum atomic E-state index is -4.37. The molecule has 0 aliphatic rings. The molecule has 7 heteroatoms. The Balaban J connectivity index is 2.62. The number of rotatable bonds is 15. The normalized spacial score (nSPS) is 13.8. The first-order valence-corrected chi connectivity index (χ1v) is 19.5. The molecule has 0 spiro atoms. The third-order valence-electron chi connectivity index (χ3n) is 5.52. The van der Waals surface area contributed by atoms with Gasteiger partial charge in [0.05, 0.1) is 0 Å². The van der Waals surface area contributed by atoms with Crippen LogP contribution in [0.25, 0.3) is 0 Å². The van der Waals surface area contributed by atoms with Crippen molar-refractivity contribution >= 4 is 24.6 Å². The number of hydrogen-bond acceptors (Lipinski definition) is 3. The molecule has 3 nitrogen and oxygen atoms in total. The Morgan fingerprint density at radius 1 is 1.03 bits per heavy atom. The maximum atomic E-state index is 12.6. The van der Waals surface area contributed by atoms with Crippen LogP contribution in [0.3, 0.4) is 0 Å². The van der Waals surface area contributed by atoms with Crippen molar-refractivity contribution in [2.45, 2.75) is 91.7 Å². The molecule has 1 aromatic rings. The first kappa shape index (κ1) is 27.4. The molecule has 0 amide bonds. The van der Waals surface area contributed by atoms with E-state index >= 15 is 0 Å². The second-order valence-corrected chi connectivity index (χ2v) is 22.1. The molecule has 0 radical (unpaired) electrons. The maximum absolute atomic E-state index is 12.6. The molecule has 0 saturated carbocycles. The van der Waals surface area contributed by atoms with E-state index in [1.807, 2.05) is 6.92 Å². The predicted molar refractivity (Wildman–Crippen MR) is 122 cm³/mol. The number of aromatic nitrogens is 1. The summed E-state index contributed by atoms with van der Waals surface area (Å²) in [6.45, 7) is 9.33. The fourth-order valence-corrected chi connectivity index (χ4v) is 18.0. The average molecular weight is 535 g/mol. The molecule has 30 heavy (non-hydrogen) atoms. The van der Waals surface area contributed by atoms with Crippen molar-refractivity contribution in [1.29, 1.82) is 0 Å². The van der Waals surface area contributed by atoms with Gasteiger partial charge in [0.15, 0.2) is 0 Å². The van der Waals surface area contributed by atoms with E-state index in [2.05, 4.69) is 30.7 Å². The average Bonchev–Trinajstić information content (AvgIpc) is 2.72. The zero-order chi connectivity index (χ0) is 22.5. The molecule has 0 saturated heterocycles. The SMILES string of the molecule is CCC[CH2][Sn]([CH2]CCC)([CH2]CCC)[CH2]OCC(C)N=Cc1ccc(C(F)(F)F)cn1. The van der Waals surface area contributed by atoms with Crippen molar-refractivity contribution in [3.05, 3.63) is 29.6 Å². The molecule has 0 N–H and O–H groups in total. The summed E-state index contributed by atoms with van der Waals surface area (Å²) in [5.74, 6) is 0. The first-order valence-electron chi connectivity index (χ1n) is 11.4. The molecule has 1 atom stereocenters. The molecule has 1 unspecified atom stereocenters. The Morgan fingerprint density at radius 2 is 1.60 bits per heavy atom. The molecule has 1 rings (SSSR count). The number of halogens is 3. The van der Waals surface area contributed by atoms with Gasteiger partial charge in [-0.15, -0.1) is 0 Å². The zero-order valence-electron chi connectivity index (χ0n) is 19.1. The van der Waals surface area contributed by atoms with E-state index in [-0.39, 0.29) is 6.04 Å². The number of alkyl halides is 3. The van der Waals surface area contributed by atoms with E-state index in [1.165, 1.54) is 64.1 Å². The quantitative estimate of drug-likeness (QED) is 0.174. The van der Waals surface area contributed by atoms with Crippen LogP contribution in [0, 0.1) is 0 Å². The Kier molecular flexibility index (Phi) is 13.2. The Bertz CT molecular complexity index is 584. The third-order valence-corrected chi connectivity index (χ3v) is 20.0. The summed E-state index contributed by atoms with van der Waals surface area (Å²) >= 11 is -2.29. The summed E-state index contributed by atoms with van der Waals surface area (Å²) in [6, 6.07) is 2.34. The van der Waals surface area contributed by atoms with E-state index in [9.17, 15) is 13.2 Å². The molecular formula is C23H39F3N2OSn. The van der Waals surface area contributed by atoms with Crippen molar-refractivity contribution in [1.82, 2.24) is 4.98 Å². The summed E-state index contributed by atoms with van der Waals surface area (Å²) in [7, 11) is 0. The van der Waals surface area contributed by atoms with Crippen molar-refractivity contribution in [3.8, 4) is 0 Å². The van der Waals surface area contributed by atoms with E-state index in [0.717, 1.165) is 16.9 Å². The van der Waals surface area contributed by atoms with Gasteiger partial charge in [-0.25, -0.2) is 0 Å². The monoisotopic (exact) mass is 536 g/mol. The molecule has 1 aromatic heterocycles. The summed E-state index contributed by atoms with van der Waals surface area (Å²) in [6.07, 6.45) is 5.72. The van der Waals surface area contributed by atoms with E-state index in [4.69, 9.17) is 4.74 Å². The van der Waals surface area contributed by atoms with Gasteiger partial charge in [0.25, 0.3) is 0 Å². The van der Waals surface area contributed by atoms with Gasteiger partial charge in [0, 0.05) is 0 Å². The number of pyridine rings is 1. The molecule has 0 bridgehead atoms. The van der Waals surface area contributed by atoms with Crippen LogP contribution in [-0.2, 0) is 10.9 Å². The van der Waals surface area contributed by atoms with Crippen LogP contribution in [0.5, 0.6) is 0 Å². The topological polar surface area (TPSA) is 34.5 Å². The van der Waals surface area contributed by atoms with Crippen LogP contribution < -0.4 is 0 Å². The first-order chi connectivity index (χ1) is 14.3. The van der Waals surface area contributed by atoms with Gasteiger partial charge in [-0.1, -0.05) is 0 Å². The fraction of sp³-hybridized carbons (Fsp3) is 0.739. The van der Waals surface area contributed by atoms with Crippen LogP contribution in [0.2, 0.25) is 13.3 Å². The standard InChI is InChI=1S/C11H12F3N2O.3C4H9.Sn/c1-8(7-17-2)15-6-10-4-3-9(5-16-10)11(12,13)14;3*1-3-4-2;/h3-6,8H,2,7H2,1H3;3*1,3-4H2,2H3;. The van der Waals surface area contributed by atoms with Crippen molar-refractivity contribution in [2.75, 3.05) is 11.2 Å². The van der Waals surface area contributed by atoms with E-state index < -0.39 is 30.1 Å². The third kappa shape index (κ3) is 10.6. The zero-order valence-corrected chi connectivity index (χ0v) is 22.0. The second-order valence-electron chi connectivity index (χ2n) is 8.42. The minimum absolute atomic E-state index is 0.0402. The van der Waals surface area contributed by atoms with Gasteiger partial charge in [-0.2, -0.15) is 0 Å². The van der Waals surface area contributed by atoms with Crippen molar-refractivity contribution in [3.63, 3.8) is 0 Å². The van der Waals surface area contributed by atoms with Gasteiger partial charge < -0.3 is 0 Å². The molecule has 0 fully saturated rings. The summed E-state index contributed by atoms with van der Waals surface area (Å²) in [5, 5.41) is 0.